The summed E-state index contributed by atoms with van der Waals surface area (Å²) < 4.78 is 20.1. The van der Waals surface area contributed by atoms with Crippen molar-refractivity contribution in [2.45, 2.75) is 6.61 Å². The van der Waals surface area contributed by atoms with Crippen LogP contribution in [0, 0.1) is 9.39 Å². The van der Waals surface area contributed by atoms with E-state index in [-0.39, 0.29) is 12.4 Å². The molecule has 0 aliphatic heterocycles. The van der Waals surface area contributed by atoms with Crippen molar-refractivity contribution in [3.05, 3.63) is 57.4 Å². The molecule has 0 fully saturated rings. The molecule has 17 heavy (non-hydrogen) atoms. The molecule has 0 amide bonds. The molecule has 4 heteroatoms. The third kappa shape index (κ3) is 3.09. The number of ether oxygens (including phenoxy) is 1. The Morgan fingerprint density at radius 2 is 1.82 bits per heavy atom. The number of halogens is 2. The highest BCUT2D eigenvalue weighted by Gasteiger charge is 2.06. The SMILES string of the molecule is Nc1cccc(F)c1COc1ccc(I)cc1. The molecule has 0 saturated heterocycles. The molecule has 0 saturated carbocycles. The Morgan fingerprint density at radius 3 is 2.47 bits per heavy atom. The van der Waals surface area contributed by atoms with Crippen LogP contribution in [0.1, 0.15) is 5.56 Å². The monoisotopic (exact) mass is 343 g/mol. The highest BCUT2D eigenvalue weighted by atomic mass is 127. The second-order valence-corrected chi connectivity index (χ2v) is 4.80. The van der Waals surface area contributed by atoms with Crippen LogP contribution in [0.15, 0.2) is 42.5 Å². The first-order valence-electron chi connectivity index (χ1n) is 5.08. The highest BCUT2D eigenvalue weighted by molar-refractivity contribution is 14.1. The lowest BCUT2D eigenvalue weighted by atomic mass is 10.2. The minimum atomic E-state index is -0.337. The van der Waals surface area contributed by atoms with Crippen LogP contribution in [0.2, 0.25) is 0 Å². The molecule has 2 nitrogen and oxygen atoms in total. The van der Waals surface area contributed by atoms with Gasteiger partial charge >= 0.3 is 0 Å². The van der Waals surface area contributed by atoms with E-state index >= 15 is 0 Å². The lowest BCUT2D eigenvalue weighted by molar-refractivity contribution is 0.300. The van der Waals surface area contributed by atoms with E-state index in [0.717, 1.165) is 3.57 Å². The van der Waals surface area contributed by atoms with Gasteiger partial charge in [0.1, 0.15) is 18.2 Å². The summed E-state index contributed by atoms with van der Waals surface area (Å²) in [5, 5.41) is 0. The van der Waals surface area contributed by atoms with Crippen molar-refractivity contribution in [1.29, 1.82) is 0 Å². The fourth-order valence-corrected chi connectivity index (χ4v) is 1.77. The summed E-state index contributed by atoms with van der Waals surface area (Å²) >= 11 is 2.21. The predicted molar refractivity (Wildman–Crippen MR) is 74.3 cm³/mol. The molecule has 2 rings (SSSR count). The van der Waals surface area contributed by atoms with Crippen LogP contribution in [0.3, 0.4) is 0 Å². The third-order valence-electron chi connectivity index (χ3n) is 2.35. The van der Waals surface area contributed by atoms with Crippen LogP contribution in [0.25, 0.3) is 0 Å². The van der Waals surface area contributed by atoms with Crippen molar-refractivity contribution >= 4 is 28.3 Å². The number of nitrogen functional groups attached to an aromatic ring is 1. The molecule has 0 aromatic heterocycles. The number of hydrogen-bond donors (Lipinski definition) is 1. The number of rotatable bonds is 3. The van der Waals surface area contributed by atoms with E-state index in [2.05, 4.69) is 22.6 Å². The molecular weight excluding hydrogens is 332 g/mol. The predicted octanol–water partition coefficient (Wildman–Crippen LogP) is 3.59. The first-order valence-corrected chi connectivity index (χ1v) is 6.16. The van der Waals surface area contributed by atoms with E-state index in [1.807, 2.05) is 24.3 Å². The van der Waals surface area contributed by atoms with Crippen LogP contribution < -0.4 is 10.5 Å². The number of hydrogen-bond acceptors (Lipinski definition) is 2. The van der Waals surface area contributed by atoms with Crippen LogP contribution >= 0.6 is 22.6 Å². The number of benzene rings is 2. The molecule has 0 atom stereocenters. The van der Waals surface area contributed by atoms with Gasteiger partial charge in [-0.25, -0.2) is 4.39 Å². The van der Waals surface area contributed by atoms with Crippen molar-refractivity contribution in [3.8, 4) is 5.75 Å². The standard InChI is InChI=1S/C13H11FINO/c14-12-2-1-3-13(16)11(12)8-17-10-6-4-9(15)5-7-10/h1-7H,8,16H2. The second-order valence-electron chi connectivity index (χ2n) is 3.55. The van der Waals surface area contributed by atoms with Crippen LogP contribution in [-0.4, -0.2) is 0 Å². The maximum atomic E-state index is 13.5. The van der Waals surface area contributed by atoms with Gasteiger partial charge in [0.15, 0.2) is 0 Å². The lowest BCUT2D eigenvalue weighted by Gasteiger charge is -2.09. The van der Waals surface area contributed by atoms with Crippen molar-refractivity contribution in [3.63, 3.8) is 0 Å². The Hall–Kier alpha value is -1.30. The summed E-state index contributed by atoms with van der Waals surface area (Å²) in [4.78, 5) is 0. The molecule has 2 aromatic rings. The van der Waals surface area contributed by atoms with E-state index in [4.69, 9.17) is 10.5 Å². The topological polar surface area (TPSA) is 35.2 Å². The summed E-state index contributed by atoms with van der Waals surface area (Å²) in [5.74, 6) is 0.364. The van der Waals surface area contributed by atoms with Gasteiger partial charge in [-0.05, 0) is 59.0 Å². The Labute approximate surface area is 113 Å². The third-order valence-corrected chi connectivity index (χ3v) is 3.07. The van der Waals surface area contributed by atoms with Gasteiger partial charge in [0, 0.05) is 14.8 Å². The minimum absolute atomic E-state index is 0.138. The Bertz CT molecular complexity index is 493. The van der Waals surface area contributed by atoms with Crippen LogP contribution in [0.4, 0.5) is 10.1 Å². The second kappa shape index (κ2) is 5.35. The Morgan fingerprint density at radius 1 is 1.12 bits per heavy atom. The Kier molecular flexibility index (Phi) is 3.83. The summed E-state index contributed by atoms with van der Waals surface area (Å²) in [6.45, 7) is 0.138. The molecular formula is C13H11FINO. The normalized spacial score (nSPS) is 10.2. The average Bonchev–Trinajstić information content (AvgIpc) is 2.31. The smallest absolute Gasteiger partial charge is 0.131 e. The van der Waals surface area contributed by atoms with Gasteiger partial charge in [-0.1, -0.05) is 6.07 Å². The van der Waals surface area contributed by atoms with Crippen LogP contribution in [-0.2, 0) is 6.61 Å². The Balaban J connectivity index is 2.10. The fraction of sp³-hybridized carbons (Fsp3) is 0.0769. The largest absolute Gasteiger partial charge is 0.489 e. The van der Waals surface area contributed by atoms with Gasteiger partial charge in [0.25, 0.3) is 0 Å². The van der Waals surface area contributed by atoms with Gasteiger partial charge in [-0.3, -0.25) is 0 Å². The summed E-state index contributed by atoms with van der Waals surface area (Å²) in [7, 11) is 0. The first-order chi connectivity index (χ1) is 8.16. The van der Waals surface area contributed by atoms with Crippen molar-refractivity contribution in [2.75, 3.05) is 5.73 Å². The summed E-state index contributed by atoms with van der Waals surface area (Å²) in [6, 6.07) is 12.2. The molecule has 0 unspecified atom stereocenters. The van der Waals surface area contributed by atoms with Gasteiger partial charge in [-0.15, -0.1) is 0 Å². The van der Waals surface area contributed by atoms with Gasteiger partial charge in [-0.2, -0.15) is 0 Å². The molecule has 0 bridgehead atoms. The molecule has 88 valence electrons. The fourth-order valence-electron chi connectivity index (χ4n) is 1.41. The van der Waals surface area contributed by atoms with Crippen molar-refractivity contribution in [2.24, 2.45) is 0 Å². The summed E-state index contributed by atoms with van der Waals surface area (Å²) in [6.07, 6.45) is 0. The number of nitrogens with two attached hydrogens (primary N) is 1. The maximum absolute atomic E-state index is 13.5. The molecule has 0 spiro atoms. The van der Waals surface area contributed by atoms with E-state index in [1.54, 1.807) is 12.1 Å². The van der Waals surface area contributed by atoms with Crippen LogP contribution in [0.5, 0.6) is 5.75 Å². The van der Waals surface area contributed by atoms with E-state index in [1.165, 1.54) is 6.07 Å². The molecule has 0 heterocycles. The quantitative estimate of drug-likeness (QED) is 0.683. The minimum Gasteiger partial charge on any atom is -0.489 e. The zero-order valence-corrected chi connectivity index (χ0v) is 11.1. The number of anilines is 1. The van der Waals surface area contributed by atoms with Gasteiger partial charge in [0.2, 0.25) is 0 Å². The van der Waals surface area contributed by atoms with Crippen molar-refractivity contribution < 1.29 is 9.13 Å². The van der Waals surface area contributed by atoms with Gasteiger partial charge < -0.3 is 10.5 Å². The first kappa shape index (κ1) is 12.2. The summed E-state index contributed by atoms with van der Waals surface area (Å²) in [5.41, 5.74) is 6.50. The molecule has 2 N–H and O–H groups in total. The highest BCUT2D eigenvalue weighted by Crippen LogP contribution is 2.19. The molecule has 2 aromatic carbocycles. The molecule has 0 aliphatic carbocycles. The average molecular weight is 343 g/mol. The van der Waals surface area contributed by atoms with Gasteiger partial charge in [0.05, 0.1) is 0 Å². The van der Waals surface area contributed by atoms with E-state index in [0.29, 0.717) is 17.0 Å². The zero-order chi connectivity index (χ0) is 12.3. The molecule has 0 aliphatic rings. The lowest BCUT2D eigenvalue weighted by Crippen LogP contribution is -2.03. The zero-order valence-electron chi connectivity index (χ0n) is 8.99. The maximum Gasteiger partial charge on any atom is 0.131 e. The van der Waals surface area contributed by atoms with Crippen molar-refractivity contribution in [1.82, 2.24) is 0 Å². The van der Waals surface area contributed by atoms with E-state index in [9.17, 15) is 4.39 Å². The van der Waals surface area contributed by atoms with E-state index < -0.39 is 0 Å². The molecule has 0 radical (unpaired) electrons.